The minimum atomic E-state index is -0.504. The Morgan fingerprint density at radius 3 is 2.65 bits per heavy atom. The maximum absolute atomic E-state index is 12.1. The van der Waals surface area contributed by atoms with Crippen molar-refractivity contribution in [2.45, 2.75) is 56.1 Å². The number of anilines is 2. The summed E-state index contributed by atoms with van der Waals surface area (Å²) in [5, 5.41) is 10.8. The summed E-state index contributed by atoms with van der Waals surface area (Å²) in [5.41, 5.74) is 0.333. The molecule has 1 aromatic carbocycles. The zero-order valence-electron chi connectivity index (χ0n) is 23.8. The molecule has 0 unspecified atom stereocenters. The van der Waals surface area contributed by atoms with E-state index in [1.807, 2.05) is 50.1 Å². The van der Waals surface area contributed by atoms with Crippen LogP contribution in [0.15, 0.2) is 40.5 Å². The summed E-state index contributed by atoms with van der Waals surface area (Å²) < 4.78 is 5.37. The van der Waals surface area contributed by atoms with E-state index in [4.69, 9.17) is 16.3 Å². The van der Waals surface area contributed by atoms with Crippen molar-refractivity contribution in [2.75, 3.05) is 62.6 Å². The second-order valence-electron chi connectivity index (χ2n) is 11.6. The molecule has 1 aromatic heterocycles. The topological polar surface area (TPSA) is 112 Å². The molecule has 218 valence electrons. The second kappa shape index (κ2) is 13.3. The van der Waals surface area contributed by atoms with Gasteiger partial charge >= 0.3 is 6.09 Å². The Hall–Kier alpha value is -2.76. The zero-order valence-corrected chi connectivity index (χ0v) is 25.3. The van der Waals surface area contributed by atoms with Crippen LogP contribution in [0, 0.1) is 5.41 Å². The first-order valence-corrected chi connectivity index (χ1v) is 14.9. The van der Waals surface area contributed by atoms with Crippen molar-refractivity contribution in [1.82, 2.24) is 25.5 Å². The van der Waals surface area contributed by atoms with Gasteiger partial charge in [-0.2, -0.15) is 0 Å². The summed E-state index contributed by atoms with van der Waals surface area (Å²) in [6.45, 7) is 13.3. The number of benzene rings is 1. The number of ether oxygens (including phenoxy) is 1. The Balaban J connectivity index is 1.26. The molecule has 2 fully saturated rings. The lowest BCUT2D eigenvalue weighted by Gasteiger charge is -2.40. The van der Waals surface area contributed by atoms with Gasteiger partial charge in [-0.3, -0.25) is 4.79 Å². The molecule has 2 aromatic rings. The van der Waals surface area contributed by atoms with Crippen LogP contribution in [0.1, 0.15) is 40.5 Å². The van der Waals surface area contributed by atoms with Gasteiger partial charge in [0.15, 0.2) is 0 Å². The van der Waals surface area contributed by atoms with E-state index in [-0.39, 0.29) is 17.4 Å². The third kappa shape index (κ3) is 8.62. The third-order valence-electron chi connectivity index (χ3n) is 7.03. The maximum atomic E-state index is 12.1. The number of aromatic nitrogens is 2. The Kier molecular flexibility index (Phi) is 10.0. The molecular weight excluding hydrogens is 550 g/mol. The summed E-state index contributed by atoms with van der Waals surface area (Å²) in [6, 6.07) is 5.86. The third-order valence-corrected chi connectivity index (χ3v) is 8.53. The van der Waals surface area contributed by atoms with Crippen molar-refractivity contribution in [1.29, 1.82) is 0 Å². The zero-order chi connectivity index (χ0) is 28.8. The lowest BCUT2D eigenvalue weighted by Crippen LogP contribution is -2.49. The van der Waals surface area contributed by atoms with E-state index in [1.54, 1.807) is 6.20 Å². The average molecular weight is 590 g/mol. The highest BCUT2D eigenvalue weighted by atomic mass is 35.5. The number of rotatable bonds is 9. The molecule has 0 spiro atoms. The quantitative estimate of drug-likeness (QED) is 0.395. The molecule has 2 aliphatic rings. The summed E-state index contributed by atoms with van der Waals surface area (Å²) in [7, 11) is 0. The van der Waals surface area contributed by atoms with Gasteiger partial charge in [0.25, 0.3) is 0 Å². The van der Waals surface area contributed by atoms with E-state index in [0.29, 0.717) is 31.2 Å². The van der Waals surface area contributed by atoms with E-state index < -0.39 is 5.60 Å². The molecule has 2 aliphatic heterocycles. The molecule has 0 radical (unpaired) electrons. The second-order valence-corrected chi connectivity index (χ2v) is 13.0. The largest absolute Gasteiger partial charge is 0.444 e. The van der Waals surface area contributed by atoms with Crippen LogP contribution in [-0.2, 0) is 9.53 Å². The van der Waals surface area contributed by atoms with E-state index in [1.165, 1.54) is 11.8 Å². The number of halogens is 1. The smallest absolute Gasteiger partial charge is 0.407 e. The molecule has 0 aliphatic carbocycles. The van der Waals surface area contributed by atoms with E-state index in [9.17, 15) is 9.59 Å². The number of nitrogens with zero attached hydrogens (tertiary/aromatic N) is 4. The number of piperazine rings is 1. The number of carbonyl (C=O) groups excluding carboxylic acids is 2. The van der Waals surface area contributed by atoms with Gasteiger partial charge in [0.05, 0.1) is 29.6 Å². The predicted octanol–water partition coefficient (Wildman–Crippen LogP) is 4.26. The van der Waals surface area contributed by atoms with Crippen LogP contribution >= 0.6 is 23.4 Å². The van der Waals surface area contributed by atoms with Gasteiger partial charge in [-0.1, -0.05) is 36.4 Å². The Labute approximate surface area is 246 Å². The predicted molar refractivity (Wildman–Crippen MR) is 159 cm³/mol. The lowest BCUT2D eigenvalue weighted by molar-refractivity contribution is -0.131. The maximum Gasteiger partial charge on any atom is 0.407 e. The van der Waals surface area contributed by atoms with Gasteiger partial charge in [0, 0.05) is 50.7 Å². The average Bonchev–Trinajstić information content (AvgIpc) is 2.91. The van der Waals surface area contributed by atoms with Crippen LogP contribution in [0.5, 0.6) is 0 Å². The number of hydrogen-bond acceptors (Lipinski definition) is 9. The molecule has 2 amide bonds. The molecule has 0 saturated carbocycles. The van der Waals surface area contributed by atoms with Crippen molar-refractivity contribution in [3.05, 3.63) is 35.6 Å². The fourth-order valence-electron chi connectivity index (χ4n) is 4.62. The monoisotopic (exact) mass is 589 g/mol. The highest BCUT2D eigenvalue weighted by Gasteiger charge is 2.31. The molecular formula is C28H40ClN7O3S. The summed E-state index contributed by atoms with van der Waals surface area (Å²) in [5.74, 6) is 0.967. The van der Waals surface area contributed by atoms with Gasteiger partial charge < -0.3 is 30.5 Å². The Morgan fingerprint density at radius 2 is 1.98 bits per heavy atom. The van der Waals surface area contributed by atoms with Gasteiger partial charge in [0.1, 0.15) is 16.4 Å². The fraction of sp³-hybridized carbons (Fsp3) is 0.571. The van der Waals surface area contributed by atoms with Gasteiger partial charge in [-0.25, -0.2) is 14.8 Å². The van der Waals surface area contributed by atoms with Crippen molar-refractivity contribution >= 4 is 46.9 Å². The highest BCUT2D eigenvalue weighted by molar-refractivity contribution is 7.99. The first kappa shape index (κ1) is 30.2. The van der Waals surface area contributed by atoms with Crippen LogP contribution in [0.2, 0.25) is 5.02 Å². The normalized spacial score (nSPS) is 17.5. The van der Waals surface area contributed by atoms with Crippen molar-refractivity contribution in [3.63, 3.8) is 0 Å². The summed E-state index contributed by atoms with van der Waals surface area (Å²) in [4.78, 5) is 38.3. The fourth-order valence-corrected chi connectivity index (χ4v) is 5.72. The molecule has 0 atom stereocenters. The number of piperidine rings is 1. The molecule has 0 bridgehead atoms. The van der Waals surface area contributed by atoms with Crippen LogP contribution < -0.4 is 20.9 Å². The summed E-state index contributed by atoms with van der Waals surface area (Å²) >= 11 is 8.17. The molecule has 4 rings (SSSR count). The highest BCUT2D eigenvalue weighted by Crippen LogP contribution is 2.37. The number of amides is 2. The molecule has 12 heteroatoms. The van der Waals surface area contributed by atoms with Crippen LogP contribution in [0.3, 0.4) is 0 Å². The molecule has 3 N–H and O–H groups in total. The van der Waals surface area contributed by atoms with Crippen LogP contribution in [-0.4, -0.2) is 84.8 Å². The number of alkyl carbamates (subject to hydrolysis) is 1. The van der Waals surface area contributed by atoms with E-state index in [2.05, 4.69) is 37.7 Å². The Bertz CT molecular complexity index is 1170. The molecule has 2 saturated heterocycles. The summed E-state index contributed by atoms with van der Waals surface area (Å²) in [6.07, 6.45) is 5.08. The van der Waals surface area contributed by atoms with Crippen LogP contribution in [0.25, 0.3) is 0 Å². The van der Waals surface area contributed by atoms with E-state index >= 15 is 0 Å². The first-order chi connectivity index (χ1) is 19.0. The number of nitrogens with one attached hydrogen (secondary N) is 3. The van der Waals surface area contributed by atoms with Crippen molar-refractivity contribution in [3.8, 4) is 0 Å². The minimum Gasteiger partial charge on any atom is -0.444 e. The first-order valence-electron chi connectivity index (χ1n) is 13.7. The molecule has 10 nitrogen and oxygen atoms in total. The van der Waals surface area contributed by atoms with Gasteiger partial charge in [-0.15, -0.1) is 0 Å². The SMILES string of the molecule is CC1(CNC(=O)OC(C)(C)C)CCN(c2cnc(Sc3cccc(NCCN4CCNCC4=O)c3Cl)cn2)CC1. The van der Waals surface area contributed by atoms with E-state index in [0.717, 1.165) is 60.4 Å². The number of carbonyl (C=O) groups is 2. The Morgan fingerprint density at radius 1 is 1.20 bits per heavy atom. The lowest BCUT2D eigenvalue weighted by atomic mass is 9.80. The molecule has 40 heavy (non-hydrogen) atoms. The van der Waals surface area contributed by atoms with Crippen molar-refractivity contribution < 1.29 is 14.3 Å². The standard InChI is InChI=1S/C28H40ClN7O3S/c1-27(2,3)39-26(38)34-19-28(4)8-12-35(13-9-28)22-16-33-23(17-32-22)40-21-7-5-6-20(25(21)29)31-11-15-36-14-10-30-18-24(36)37/h5-7,16-17,30-31H,8-15,18-19H2,1-4H3,(H,34,38). The van der Waals surface area contributed by atoms with Gasteiger partial charge in [-0.05, 0) is 51.2 Å². The minimum absolute atomic E-state index is 0.00689. The van der Waals surface area contributed by atoms with Crippen molar-refractivity contribution in [2.24, 2.45) is 5.41 Å². The number of hydrogen-bond donors (Lipinski definition) is 3. The van der Waals surface area contributed by atoms with Gasteiger partial charge in [0.2, 0.25) is 5.91 Å². The molecule has 3 heterocycles. The van der Waals surface area contributed by atoms with Crippen LogP contribution in [0.4, 0.5) is 16.3 Å².